The monoisotopic (exact) mass is 712 g/mol. The van der Waals surface area contributed by atoms with Crippen molar-refractivity contribution in [2.75, 3.05) is 6.54 Å². The second-order valence-corrected chi connectivity index (χ2v) is 15.0. The molecule has 2 aliphatic heterocycles. The Hall–Kier alpha value is -4.40. The van der Waals surface area contributed by atoms with Crippen LogP contribution in [0.15, 0.2) is 40.9 Å². The minimum Gasteiger partial charge on any atom is -0.460 e. The molecule has 3 heterocycles. The minimum absolute atomic E-state index is 0.0172. The number of nitrogens with zero attached hydrogens (tertiary/aromatic N) is 1. The first-order chi connectivity index (χ1) is 23.7. The zero-order valence-electron chi connectivity index (χ0n) is 29.3. The molecule has 50 heavy (non-hydrogen) atoms. The van der Waals surface area contributed by atoms with Crippen LogP contribution in [-0.4, -0.2) is 81.9 Å². The van der Waals surface area contributed by atoms with Gasteiger partial charge in [0, 0.05) is 29.8 Å². The molecule has 0 bridgehead atoms. The number of amides is 5. The number of aromatic nitrogens is 1. The van der Waals surface area contributed by atoms with Crippen molar-refractivity contribution in [3.05, 3.63) is 53.4 Å². The summed E-state index contributed by atoms with van der Waals surface area (Å²) in [5, 5.41) is 16.8. The Morgan fingerprint density at radius 3 is 2.30 bits per heavy atom. The number of carbonyl (C=O) groups excluding carboxylic acids is 6. The Balaban J connectivity index is 1.40. The summed E-state index contributed by atoms with van der Waals surface area (Å²) >= 11 is 1.38. The number of hydrogen-bond acceptors (Lipinski definition) is 10. The summed E-state index contributed by atoms with van der Waals surface area (Å²) in [5.41, 5.74) is 0.884. The molecule has 2 aromatic rings. The van der Waals surface area contributed by atoms with Gasteiger partial charge in [-0.05, 0) is 50.5 Å². The molecule has 0 saturated carbocycles. The molecule has 1 aromatic carbocycles. The molecule has 2 aliphatic rings. The zero-order valence-corrected chi connectivity index (χ0v) is 30.1. The van der Waals surface area contributed by atoms with E-state index in [1.165, 1.54) is 24.8 Å². The Morgan fingerprint density at radius 1 is 0.980 bits per heavy atom. The molecule has 0 aliphatic carbocycles. The summed E-state index contributed by atoms with van der Waals surface area (Å²) in [6.45, 7) is 11.2. The number of ether oxygens (including phenoxy) is 1. The third-order valence-corrected chi connectivity index (χ3v) is 9.98. The summed E-state index contributed by atoms with van der Waals surface area (Å²) < 4.78 is 10.5. The lowest BCUT2D eigenvalue weighted by molar-refractivity contribution is -0.143. The molecule has 5 amide bonds. The largest absolute Gasteiger partial charge is 0.460 e. The van der Waals surface area contributed by atoms with E-state index in [9.17, 15) is 28.8 Å². The Morgan fingerprint density at radius 2 is 1.70 bits per heavy atom. The maximum Gasteiger partial charge on any atom is 0.320 e. The summed E-state index contributed by atoms with van der Waals surface area (Å²) in [5.74, 6) is -2.91. The van der Waals surface area contributed by atoms with Crippen molar-refractivity contribution < 1.29 is 38.0 Å². The number of thioether (sulfide) groups is 1. The average Bonchev–Trinajstić information content (AvgIpc) is 3.59. The van der Waals surface area contributed by atoms with Gasteiger partial charge in [0.25, 0.3) is 5.91 Å². The van der Waals surface area contributed by atoms with E-state index >= 15 is 0 Å². The van der Waals surface area contributed by atoms with Crippen molar-refractivity contribution in [1.29, 1.82) is 0 Å². The van der Waals surface area contributed by atoms with Gasteiger partial charge in [-0.25, -0.2) is 0 Å². The molecular weight excluding hydrogens is 664 g/mol. The van der Waals surface area contributed by atoms with Crippen molar-refractivity contribution in [3.8, 4) is 0 Å². The van der Waals surface area contributed by atoms with E-state index in [0.717, 1.165) is 5.56 Å². The summed E-state index contributed by atoms with van der Waals surface area (Å²) in [4.78, 5) is 78.5. The van der Waals surface area contributed by atoms with Gasteiger partial charge in [0.05, 0.1) is 0 Å². The first kappa shape index (κ1) is 38.4. The van der Waals surface area contributed by atoms with Crippen LogP contribution in [0.4, 0.5) is 0 Å². The molecule has 0 spiro atoms. The minimum atomic E-state index is -1.01. The molecule has 2 fully saturated rings. The first-order valence-electron chi connectivity index (χ1n) is 17.0. The average molecular weight is 713 g/mol. The van der Waals surface area contributed by atoms with Crippen LogP contribution in [0.2, 0.25) is 0 Å². The van der Waals surface area contributed by atoms with Crippen molar-refractivity contribution in [3.63, 3.8) is 0 Å². The van der Waals surface area contributed by atoms with Gasteiger partial charge in [-0.1, -0.05) is 63.2 Å². The van der Waals surface area contributed by atoms with Crippen molar-refractivity contribution in [1.82, 2.24) is 31.7 Å². The van der Waals surface area contributed by atoms with Gasteiger partial charge < -0.3 is 35.8 Å². The second kappa shape index (κ2) is 17.5. The molecule has 2 saturated heterocycles. The van der Waals surface area contributed by atoms with Crippen LogP contribution in [0.5, 0.6) is 0 Å². The number of hydrogen-bond donors (Lipinski definition) is 5. The fraction of sp³-hybridized carbons (Fsp3) is 0.571. The summed E-state index contributed by atoms with van der Waals surface area (Å²) in [7, 11) is 0. The molecular formula is C35H48N6O8S. The number of carbonyl (C=O) groups is 6. The number of esters is 1. The number of aryl methyl sites for hydroxylation is 1. The third-order valence-electron chi connectivity index (χ3n) is 8.60. The zero-order chi connectivity index (χ0) is 36.5. The van der Waals surface area contributed by atoms with Crippen molar-refractivity contribution in [2.24, 2.45) is 17.8 Å². The van der Waals surface area contributed by atoms with E-state index in [1.807, 2.05) is 44.2 Å². The number of rotatable bonds is 17. The molecule has 272 valence electrons. The molecule has 7 atom stereocenters. The van der Waals surface area contributed by atoms with Gasteiger partial charge in [0.2, 0.25) is 23.6 Å². The highest BCUT2D eigenvalue weighted by molar-refractivity contribution is 8.08. The summed E-state index contributed by atoms with van der Waals surface area (Å²) in [6.07, 6.45) is 1.25. The van der Waals surface area contributed by atoms with E-state index in [4.69, 9.17) is 9.26 Å². The van der Waals surface area contributed by atoms with Gasteiger partial charge in [0.1, 0.15) is 35.7 Å². The second-order valence-electron chi connectivity index (χ2n) is 13.7. The van der Waals surface area contributed by atoms with Gasteiger partial charge in [0.15, 0.2) is 5.69 Å². The maximum absolute atomic E-state index is 13.9. The highest BCUT2D eigenvalue weighted by atomic mass is 32.2. The SMILES string of the molecule is Cc1cc(C(=O)N[C@@H](C)C(=O)N[C@H](C(=O)N[C@@H](CC(C)C)C(=O)N[C@@H](C[C@@H]2CCNC2=O)[C@H]2S[C@H]2C(=O)OCc2ccccc2)C(C)C)no1. The van der Waals surface area contributed by atoms with Crippen LogP contribution in [0.1, 0.15) is 75.7 Å². The number of nitrogens with one attached hydrogen (secondary N) is 5. The highest BCUT2D eigenvalue weighted by Crippen LogP contribution is 2.46. The first-order valence-corrected chi connectivity index (χ1v) is 18.0. The van der Waals surface area contributed by atoms with Crippen LogP contribution >= 0.6 is 11.8 Å². The van der Waals surface area contributed by atoms with Crippen LogP contribution in [0, 0.1) is 24.7 Å². The van der Waals surface area contributed by atoms with Crippen LogP contribution in [0.3, 0.4) is 0 Å². The Kier molecular flexibility index (Phi) is 13.4. The standard InChI is InChI=1S/C35H48N6O8S/c1-18(2)14-25(39-34(46)27(19(3)4)40-30(42)21(6)37-33(45)26-15-20(5)49-41-26)32(44)38-24(16-23-12-13-36-31(23)43)28-29(50-28)35(47)48-17-22-10-8-7-9-11-22/h7-11,15,18-19,21,23-25,27-29H,12-14,16-17H2,1-6H3,(H,36,43)(H,37,45)(H,38,44)(H,39,46)(H,40,42)/t21-,23-,24-,25-,27-,28+,29+/m0/s1. The van der Waals surface area contributed by atoms with Crippen LogP contribution in [0.25, 0.3) is 0 Å². The Labute approximate surface area is 296 Å². The van der Waals surface area contributed by atoms with Gasteiger partial charge in [-0.3, -0.25) is 28.8 Å². The van der Waals surface area contributed by atoms with Crippen LogP contribution in [-0.2, 0) is 35.3 Å². The molecule has 0 unspecified atom stereocenters. The predicted molar refractivity (Wildman–Crippen MR) is 185 cm³/mol. The molecule has 14 nitrogen and oxygen atoms in total. The van der Waals surface area contributed by atoms with Gasteiger partial charge in [-0.15, -0.1) is 11.8 Å². The van der Waals surface area contributed by atoms with Gasteiger partial charge >= 0.3 is 5.97 Å². The number of benzene rings is 1. The smallest absolute Gasteiger partial charge is 0.320 e. The highest BCUT2D eigenvalue weighted by Gasteiger charge is 2.52. The van der Waals surface area contributed by atoms with E-state index in [1.54, 1.807) is 20.8 Å². The lowest BCUT2D eigenvalue weighted by atomic mass is 9.94. The topological polar surface area (TPSA) is 198 Å². The third kappa shape index (κ3) is 10.8. The predicted octanol–water partition coefficient (Wildman–Crippen LogP) is 2.01. The van der Waals surface area contributed by atoms with Gasteiger partial charge in [-0.2, -0.15) is 0 Å². The van der Waals surface area contributed by atoms with E-state index in [0.29, 0.717) is 31.6 Å². The lowest BCUT2D eigenvalue weighted by Gasteiger charge is -2.28. The molecule has 15 heteroatoms. The molecule has 0 radical (unpaired) electrons. The maximum atomic E-state index is 13.9. The van der Waals surface area contributed by atoms with E-state index in [2.05, 4.69) is 31.7 Å². The normalized spacial score (nSPS) is 20.6. The van der Waals surface area contributed by atoms with Crippen molar-refractivity contribution in [2.45, 2.75) is 102 Å². The van der Waals surface area contributed by atoms with E-state index < -0.39 is 53.0 Å². The van der Waals surface area contributed by atoms with Crippen LogP contribution < -0.4 is 26.6 Å². The Bertz CT molecular complexity index is 1530. The summed E-state index contributed by atoms with van der Waals surface area (Å²) in [6, 6.07) is 7.28. The fourth-order valence-electron chi connectivity index (χ4n) is 5.75. The fourth-order valence-corrected chi connectivity index (χ4v) is 6.85. The molecule has 4 rings (SSSR count). The molecule has 5 N–H and O–H groups in total. The van der Waals surface area contributed by atoms with E-state index in [-0.39, 0.29) is 47.2 Å². The quantitative estimate of drug-likeness (QED) is 0.120. The van der Waals surface area contributed by atoms with Crippen molar-refractivity contribution >= 4 is 47.3 Å². The molecule has 1 aromatic heterocycles. The lowest BCUT2D eigenvalue weighted by Crippen LogP contribution is -2.59.